The highest BCUT2D eigenvalue weighted by Crippen LogP contribution is 2.25. The average Bonchev–Trinajstić information content (AvgIpc) is 2.28. The van der Waals surface area contributed by atoms with Crippen LogP contribution in [0.25, 0.3) is 0 Å². The molecule has 0 aromatic heterocycles. The van der Waals surface area contributed by atoms with Crippen LogP contribution in [-0.2, 0) is 11.2 Å². The third-order valence-electron chi connectivity index (χ3n) is 2.41. The van der Waals surface area contributed by atoms with Crippen LogP contribution in [0, 0.1) is 0 Å². The first kappa shape index (κ1) is 13.3. The van der Waals surface area contributed by atoms with Crippen molar-refractivity contribution in [2.45, 2.75) is 18.9 Å². The van der Waals surface area contributed by atoms with Crippen molar-refractivity contribution in [3.63, 3.8) is 0 Å². The Balaban J connectivity index is 2.79. The average molecular weight is 239 g/mol. The van der Waals surface area contributed by atoms with Gasteiger partial charge in [0.05, 0.1) is 20.6 Å². The summed E-state index contributed by atoms with van der Waals surface area (Å²) < 4.78 is 10.3. The first-order chi connectivity index (χ1) is 8.06. The molecular weight excluding hydrogens is 222 g/mol. The van der Waals surface area contributed by atoms with Gasteiger partial charge in [0.2, 0.25) is 0 Å². The topological polar surface area (TPSA) is 81.8 Å². The largest absolute Gasteiger partial charge is 0.497 e. The number of nitrogens with two attached hydrogens (primary N) is 1. The lowest BCUT2D eigenvalue weighted by Gasteiger charge is -2.13. The Bertz CT molecular complexity index is 392. The fourth-order valence-electron chi connectivity index (χ4n) is 1.60. The van der Waals surface area contributed by atoms with Gasteiger partial charge >= 0.3 is 5.97 Å². The lowest BCUT2D eigenvalue weighted by Crippen LogP contribution is -2.26. The molecule has 94 valence electrons. The molecule has 0 aliphatic heterocycles. The Morgan fingerprint density at radius 2 is 2.12 bits per heavy atom. The Morgan fingerprint density at radius 1 is 1.41 bits per heavy atom. The summed E-state index contributed by atoms with van der Waals surface area (Å²) in [6.45, 7) is 0. The molecule has 0 bridgehead atoms. The van der Waals surface area contributed by atoms with Gasteiger partial charge in [-0.1, -0.05) is 6.07 Å². The van der Waals surface area contributed by atoms with Gasteiger partial charge in [-0.2, -0.15) is 0 Å². The first-order valence-electron chi connectivity index (χ1n) is 5.25. The van der Waals surface area contributed by atoms with Gasteiger partial charge in [-0.05, 0) is 18.1 Å². The molecule has 5 nitrogen and oxygen atoms in total. The maximum atomic E-state index is 10.5. The molecule has 0 saturated carbocycles. The molecule has 0 saturated heterocycles. The molecule has 0 aliphatic carbocycles. The second-order valence-corrected chi connectivity index (χ2v) is 3.74. The minimum Gasteiger partial charge on any atom is -0.497 e. The number of carbonyl (C=O) groups is 1. The molecule has 1 rings (SSSR count). The molecule has 0 fully saturated rings. The highest BCUT2D eigenvalue weighted by atomic mass is 16.5. The molecule has 0 aliphatic rings. The monoisotopic (exact) mass is 239 g/mol. The van der Waals surface area contributed by atoms with Crippen molar-refractivity contribution in [2.75, 3.05) is 14.2 Å². The third-order valence-corrected chi connectivity index (χ3v) is 2.41. The van der Waals surface area contributed by atoms with Crippen LogP contribution in [0.4, 0.5) is 0 Å². The highest BCUT2D eigenvalue weighted by molar-refractivity contribution is 5.67. The number of methoxy groups -OCH3 is 2. The summed E-state index contributed by atoms with van der Waals surface area (Å²) >= 11 is 0. The lowest BCUT2D eigenvalue weighted by atomic mass is 10.0. The summed E-state index contributed by atoms with van der Waals surface area (Å²) in [5.41, 5.74) is 6.61. The molecule has 0 radical (unpaired) electrons. The van der Waals surface area contributed by atoms with Crippen molar-refractivity contribution < 1.29 is 19.4 Å². The Hall–Kier alpha value is -1.75. The fraction of sp³-hybridized carbons (Fsp3) is 0.417. The Morgan fingerprint density at radius 3 is 2.65 bits per heavy atom. The van der Waals surface area contributed by atoms with Gasteiger partial charge in [0, 0.05) is 12.1 Å². The number of rotatable bonds is 6. The summed E-state index contributed by atoms with van der Waals surface area (Å²) in [5.74, 6) is 0.451. The fourth-order valence-corrected chi connectivity index (χ4v) is 1.60. The molecule has 1 atom stereocenters. The van der Waals surface area contributed by atoms with Crippen LogP contribution in [0.15, 0.2) is 18.2 Å². The lowest BCUT2D eigenvalue weighted by molar-refractivity contribution is -0.137. The standard InChI is InChI=1S/C12H17NO4/c1-16-10-4-3-8(11(7-10)17-2)5-9(13)6-12(14)15/h3-4,7,9H,5-6,13H2,1-2H3,(H,14,15). The summed E-state index contributed by atoms with van der Waals surface area (Å²) in [6.07, 6.45) is 0.397. The van der Waals surface area contributed by atoms with Gasteiger partial charge in [-0.3, -0.25) is 4.79 Å². The van der Waals surface area contributed by atoms with E-state index in [9.17, 15) is 4.79 Å². The number of hydrogen-bond acceptors (Lipinski definition) is 4. The van der Waals surface area contributed by atoms with Crippen molar-refractivity contribution >= 4 is 5.97 Å². The molecule has 0 amide bonds. The SMILES string of the molecule is COc1ccc(CC(N)CC(=O)O)c(OC)c1. The van der Waals surface area contributed by atoms with E-state index in [4.69, 9.17) is 20.3 Å². The zero-order valence-electron chi connectivity index (χ0n) is 9.97. The third kappa shape index (κ3) is 3.96. The number of ether oxygens (including phenoxy) is 2. The summed E-state index contributed by atoms with van der Waals surface area (Å²) in [6, 6.07) is 4.96. The van der Waals surface area contributed by atoms with Gasteiger partial charge in [0.15, 0.2) is 0 Å². The molecule has 1 aromatic carbocycles. The summed E-state index contributed by atoms with van der Waals surface area (Å²) in [7, 11) is 3.13. The van der Waals surface area contributed by atoms with E-state index in [1.807, 2.05) is 6.07 Å². The van der Waals surface area contributed by atoms with Gasteiger partial charge < -0.3 is 20.3 Å². The van der Waals surface area contributed by atoms with Crippen molar-refractivity contribution in [3.05, 3.63) is 23.8 Å². The predicted octanol–water partition coefficient (Wildman–Crippen LogP) is 1.05. The van der Waals surface area contributed by atoms with Gasteiger partial charge in [0.25, 0.3) is 0 Å². The molecule has 0 heterocycles. The zero-order chi connectivity index (χ0) is 12.8. The number of carboxylic acids is 1. The molecular formula is C12H17NO4. The minimum atomic E-state index is -0.898. The maximum absolute atomic E-state index is 10.5. The van der Waals surface area contributed by atoms with Crippen molar-refractivity contribution in [3.8, 4) is 11.5 Å². The predicted molar refractivity (Wildman–Crippen MR) is 63.5 cm³/mol. The van der Waals surface area contributed by atoms with E-state index in [2.05, 4.69) is 0 Å². The minimum absolute atomic E-state index is 0.0603. The number of carboxylic acid groups (broad SMARTS) is 1. The van der Waals surface area contributed by atoms with E-state index < -0.39 is 12.0 Å². The van der Waals surface area contributed by atoms with E-state index in [0.29, 0.717) is 17.9 Å². The highest BCUT2D eigenvalue weighted by Gasteiger charge is 2.12. The van der Waals surface area contributed by atoms with E-state index in [-0.39, 0.29) is 6.42 Å². The van der Waals surface area contributed by atoms with Gasteiger partial charge in [-0.15, -0.1) is 0 Å². The molecule has 17 heavy (non-hydrogen) atoms. The Kier molecular flexibility index (Phi) is 4.78. The quantitative estimate of drug-likeness (QED) is 0.775. The zero-order valence-corrected chi connectivity index (χ0v) is 9.97. The van der Waals surface area contributed by atoms with Crippen molar-refractivity contribution in [1.29, 1.82) is 0 Å². The molecule has 1 unspecified atom stereocenters. The van der Waals surface area contributed by atoms with Crippen LogP contribution in [0.5, 0.6) is 11.5 Å². The first-order valence-corrected chi connectivity index (χ1v) is 5.25. The van der Waals surface area contributed by atoms with E-state index >= 15 is 0 Å². The van der Waals surface area contributed by atoms with Crippen molar-refractivity contribution in [1.82, 2.24) is 0 Å². The van der Waals surface area contributed by atoms with E-state index in [0.717, 1.165) is 5.56 Å². The number of aliphatic carboxylic acids is 1. The van der Waals surface area contributed by atoms with Gasteiger partial charge in [-0.25, -0.2) is 0 Å². The van der Waals surface area contributed by atoms with Crippen molar-refractivity contribution in [2.24, 2.45) is 5.73 Å². The molecule has 5 heteroatoms. The van der Waals surface area contributed by atoms with Crippen LogP contribution in [0.2, 0.25) is 0 Å². The van der Waals surface area contributed by atoms with Crippen LogP contribution in [0.3, 0.4) is 0 Å². The molecule has 0 spiro atoms. The second kappa shape index (κ2) is 6.10. The second-order valence-electron chi connectivity index (χ2n) is 3.74. The molecule has 1 aromatic rings. The van der Waals surface area contributed by atoms with Crippen LogP contribution in [-0.4, -0.2) is 31.3 Å². The summed E-state index contributed by atoms with van der Waals surface area (Å²) in [5, 5.41) is 8.64. The van der Waals surface area contributed by atoms with Crippen LogP contribution < -0.4 is 15.2 Å². The number of benzene rings is 1. The van der Waals surface area contributed by atoms with Crippen LogP contribution >= 0.6 is 0 Å². The van der Waals surface area contributed by atoms with Crippen LogP contribution in [0.1, 0.15) is 12.0 Å². The Labute approximate surface area is 100 Å². The van der Waals surface area contributed by atoms with E-state index in [1.165, 1.54) is 0 Å². The van der Waals surface area contributed by atoms with E-state index in [1.54, 1.807) is 26.4 Å². The smallest absolute Gasteiger partial charge is 0.304 e. The maximum Gasteiger partial charge on any atom is 0.304 e. The normalized spacial score (nSPS) is 11.9. The van der Waals surface area contributed by atoms with Gasteiger partial charge in [0.1, 0.15) is 11.5 Å². The number of hydrogen-bond donors (Lipinski definition) is 2. The molecule has 3 N–H and O–H groups in total. The summed E-state index contributed by atoms with van der Waals surface area (Å²) in [4.78, 5) is 10.5.